The van der Waals surface area contributed by atoms with E-state index in [1.807, 2.05) is 0 Å². The number of halogens is 5. The minimum absolute atomic E-state index is 0.0512. The van der Waals surface area contributed by atoms with E-state index in [1.165, 1.54) is 38.4 Å². The van der Waals surface area contributed by atoms with Crippen LogP contribution in [0.15, 0.2) is 59.7 Å². The molecule has 0 unspecified atom stereocenters. The van der Waals surface area contributed by atoms with Gasteiger partial charge in [-0.3, -0.25) is 14.6 Å². The van der Waals surface area contributed by atoms with Crippen molar-refractivity contribution in [2.75, 3.05) is 7.11 Å². The first-order chi connectivity index (χ1) is 17.5. The molecule has 0 fully saturated rings. The lowest BCUT2D eigenvalue weighted by atomic mass is 10.1. The van der Waals surface area contributed by atoms with Gasteiger partial charge in [-0.2, -0.15) is 23.4 Å². The van der Waals surface area contributed by atoms with E-state index in [4.69, 9.17) is 4.74 Å². The summed E-state index contributed by atoms with van der Waals surface area (Å²) in [5.74, 6) is -2.18. The van der Waals surface area contributed by atoms with Crippen molar-refractivity contribution in [2.24, 2.45) is 12.0 Å². The predicted molar refractivity (Wildman–Crippen MR) is 123 cm³/mol. The molecule has 37 heavy (non-hydrogen) atoms. The van der Waals surface area contributed by atoms with Gasteiger partial charge < -0.3 is 10.1 Å². The number of amides is 1. The Morgan fingerprint density at radius 1 is 1.14 bits per heavy atom. The number of nitrogens with one attached hydrogen (secondary N) is 2. The summed E-state index contributed by atoms with van der Waals surface area (Å²) >= 11 is 0. The molecule has 2 N–H and O–H groups in total. The molecule has 4 aromatic rings. The van der Waals surface area contributed by atoms with Gasteiger partial charge in [0.15, 0.2) is 17.3 Å². The van der Waals surface area contributed by atoms with Gasteiger partial charge in [0.05, 0.1) is 24.1 Å². The van der Waals surface area contributed by atoms with Crippen LogP contribution in [0.1, 0.15) is 21.7 Å². The molecule has 1 amide bonds. The van der Waals surface area contributed by atoms with Crippen LogP contribution in [0.4, 0.5) is 27.6 Å². The van der Waals surface area contributed by atoms with Crippen molar-refractivity contribution >= 4 is 17.4 Å². The number of aliphatic imine (C=N–C) groups is 1. The number of nitrogens with zero attached hydrogens (tertiary/aromatic N) is 4. The van der Waals surface area contributed by atoms with Crippen LogP contribution in [0.2, 0.25) is 0 Å². The zero-order chi connectivity index (χ0) is 26.7. The second kappa shape index (κ2) is 10.2. The number of ether oxygens (including phenoxy) is 1. The van der Waals surface area contributed by atoms with Crippen molar-refractivity contribution < 1.29 is 31.5 Å². The van der Waals surface area contributed by atoms with E-state index in [0.29, 0.717) is 17.0 Å². The van der Waals surface area contributed by atoms with Gasteiger partial charge in [0, 0.05) is 30.9 Å². The molecule has 2 aromatic heterocycles. The lowest BCUT2D eigenvalue weighted by Gasteiger charge is -2.10. The molecule has 0 radical (unpaired) electrons. The Bertz CT molecular complexity index is 1460. The molecule has 0 aliphatic heterocycles. The summed E-state index contributed by atoms with van der Waals surface area (Å²) in [5, 5.41) is 12.6. The molecule has 4 rings (SSSR count). The lowest BCUT2D eigenvalue weighted by molar-refractivity contribution is -0.141. The van der Waals surface area contributed by atoms with E-state index in [9.17, 15) is 26.7 Å². The number of methoxy groups -OCH3 is 1. The largest absolute Gasteiger partial charge is 0.494 e. The predicted octanol–water partition coefficient (Wildman–Crippen LogP) is 4.82. The van der Waals surface area contributed by atoms with Crippen molar-refractivity contribution in [3.8, 4) is 17.0 Å². The molecule has 0 saturated heterocycles. The Morgan fingerprint density at radius 3 is 2.51 bits per heavy atom. The molecule has 0 aliphatic carbocycles. The number of benzene rings is 2. The Balaban J connectivity index is 1.64. The molecular formula is C24H19F5N6O2. The van der Waals surface area contributed by atoms with Gasteiger partial charge in [-0.25, -0.2) is 13.8 Å². The van der Waals surface area contributed by atoms with E-state index in [1.54, 1.807) is 12.1 Å². The minimum atomic E-state index is -4.85. The van der Waals surface area contributed by atoms with Crippen molar-refractivity contribution in [3.63, 3.8) is 0 Å². The number of rotatable bonds is 6. The standard InChI is InChI=1S/C24H19F5N6O2/c1-35-12-17(22(34-35)24(27,28)29)23(36)31-21(30-15-6-4-14(25)5-7-15)11-16-10-19(33-32-16)13-3-8-20(37-2)18(26)9-13/h3-10,12H,11H2,1-2H3,(H,32,33)(H,30,31,36). The molecule has 0 atom stereocenters. The first-order valence-electron chi connectivity index (χ1n) is 10.7. The maximum absolute atomic E-state index is 14.1. The highest BCUT2D eigenvalue weighted by Crippen LogP contribution is 2.30. The van der Waals surface area contributed by atoms with Crippen LogP contribution >= 0.6 is 0 Å². The van der Waals surface area contributed by atoms with Crippen LogP contribution in [0.25, 0.3) is 11.3 Å². The first-order valence-corrected chi connectivity index (χ1v) is 10.7. The van der Waals surface area contributed by atoms with Gasteiger partial charge in [0.2, 0.25) is 0 Å². The third kappa shape index (κ3) is 6.00. The molecule has 2 heterocycles. The van der Waals surface area contributed by atoms with Crippen LogP contribution in [0.3, 0.4) is 0 Å². The molecule has 0 spiro atoms. The average molecular weight is 518 g/mol. The topological polar surface area (TPSA) is 97.2 Å². The fourth-order valence-corrected chi connectivity index (χ4v) is 3.45. The number of carbonyl (C=O) groups is 1. The quantitative estimate of drug-likeness (QED) is 0.217. The number of alkyl halides is 3. The molecule has 0 aliphatic rings. The molecule has 13 heteroatoms. The normalized spacial score (nSPS) is 12.0. The fourth-order valence-electron chi connectivity index (χ4n) is 3.45. The number of amidine groups is 1. The van der Waals surface area contributed by atoms with Crippen LogP contribution in [0.5, 0.6) is 5.75 Å². The summed E-state index contributed by atoms with van der Waals surface area (Å²) in [4.78, 5) is 17.1. The third-order valence-electron chi connectivity index (χ3n) is 5.13. The Labute approximate surface area is 206 Å². The van der Waals surface area contributed by atoms with Gasteiger partial charge >= 0.3 is 6.18 Å². The van der Waals surface area contributed by atoms with Crippen LogP contribution < -0.4 is 10.1 Å². The maximum atomic E-state index is 14.1. The summed E-state index contributed by atoms with van der Waals surface area (Å²) in [5.41, 5.74) is -0.576. The molecule has 2 aromatic carbocycles. The Kier molecular flexibility index (Phi) is 7.05. The Hall–Kier alpha value is -4.55. The van der Waals surface area contributed by atoms with E-state index in [0.717, 1.165) is 23.0 Å². The van der Waals surface area contributed by atoms with Crippen molar-refractivity contribution in [1.29, 1.82) is 0 Å². The summed E-state index contributed by atoms with van der Waals surface area (Å²) in [6.45, 7) is 0. The molecular weight excluding hydrogens is 499 g/mol. The average Bonchev–Trinajstić information content (AvgIpc) is 3.47. The second-order valence-electron chi connectivity index (χ2n) is 7.86. The molecule has 0 saturated carbocycles. The number of hydrogen-bond donors (Lipinski definition) is 2. The fraction of sp³-hybridized carbons (Fsp3) is 0.167. The number of aryl methyl sites for hydroxylation is 1. The highest BCUT2D eigenvalue weighted by atomic mass is 19.4. The van der Waals surface area contributed by atoms with Crippen LogP contribution in [0, 0.1) is 11.6 Å². The van der Waals surface area contributed by atoms with Gasteiger partial charge in [-0.15, -0.1) is 0 Å². The number of hydrogen-bond acceptors (Lipinski definition) is 5. The number of aromatic nitrogens is 4. The van der Waals surface area contributed by atoms with Gasteiger partial charge in [0.25, 0.3) is 5.91 Å². The lowest BCUT2D eigenvalue weighted by Crippen LogP contribution is -2.33. The van der Waals surface area contributed by atoms with E-state index in [2.05, 4.69) is 25.6 Å². The van der Waals surface area contributed by atoms with Crippen molar-refractivity contribution in [1.82, 2.24) is 25.3 Å². The van der Waals surface area contributed by atoms with E-state index < -0.39 is 35.0 Å². The summed E-state index contributed by atoms with van der Waals surface area (Å²) in [7, 11) is 2.60. The van der Waals surface area contributed by atoms with Gasteiger partial charge in [-0.1, -0.05) is 0 Å². The highest BCUT2D eigenvalue weighted by Gasteiger charge is 2.39. The van der Waals surface area contributed by atoms with E-state index in [-0.39, 0.29) is 23.7 Å². The maximum Gasteiger partial charge on any atom is 0.435 e. The SMILES string of the molecule is COc1ccc(-c2cc(CC(=Nc3ccc(F)cc3)NC(=O)c3cn(C)nc3C(F)(F)F)[nH]n2)cc1F. The molecule has 8 nitrogen and oxygen atoms in total. The van der Waals surface area contributed by atoms with Crippen molar-refractivity contribution in [3.05, 3.63) is 83.3 Å². The smallest absolute Gasteiger partial charge is 0.435 e. The van der Waals surface area contributed by atoms with Crippen LogP contribution in [-0.2, 0) is 19.6 Å². The summed E-state index contributed by atoms with van der Waals surface area (Å²) < 4.78 is 73.3. The number of carbonyl (C=O) groups excluding carboxylic acids is 1. The first kappa shape index (κ1) is 25.5. The molecule has 0 bridgehead atoms. The number of aromatic amines is 1. The third-order valence-corrected chi connectivity index (χ3v) is 5.13. The zero-order valence-corrected chi connectivity index (χ0v) is 19.4. The monoisotopic (exact) mass is 518 g/mol. The summed E-state index contributed by atoms with van der Waals surface area (Å²) in [6.07, 6.45) is -4.01. The number of H-pyrrole nitrogens is 1. The van der Waals surface area contributed by atoms with Crippen LogP contribution in [-0.4, -0.2) is 38.8 Å². The highest BCUT2D eigenvalue weighted by molar-refractivity contribution is 6.08. The van der Waals surface area contributed by atoms with Gasteiger partial charge in [0.1, 0.15) is 11.7 Å². The molecule has 192 valence electrons. The second-order valence-corrected chi connectivity index (χ2v) is 7.86. The minimum Gasteiger partial charge on any atom is -0.494 e. The Morgan fingerprint density at radius 2 is 1.86 bits per heavy atom. The van der Waals surface area contributed by atoms with Gasteiger partial charge in [-0.05, 0) is 48.5 Å². The zero-order valence-electron chi connectivity index (χ0n) is 19.4. The van der Waals surface area contributed by atoms with E-state index >= 15 is 0 Å². The van der Waals surface area contributed by atoms with Crippen molar-refractivity contribution in [2.45, 2.75) is 12.6 Å². The summed E-state index contributed by atoms with van der Waals surface area (Å²) in [6, 6.07) is 10.8.